The monoisotopic (exact) mass is 435 g/mol. The van der Waals surface area contributed by atoms with Crippen molar-refractivity contribution in [3.8, 4) is 0 Å². The van der Waals surface area contributed by atoms with Crippen molar-refractivity contribution in [2.24, 2.45) is 5.73 Å². The van der Waals surface area contributed by atoms with Gasteiger partial charge in [0, 0.05) is 12.1 Å². The number of halogens is 2. The molecular formula is C23H19F2N5O2. The van der Waals surface area contributed by atoms with Gasteiger partial charge in [0.1, 0.15) is 11.6 Å². The number of fused-ring (bicyclic) bond motifs is 1. The third kappa shape index (κ3) is 4.56. The molecule has 0 aliphatic heterocycles. The lowest BCUT2D eigenvalue weighted by molar-refractivity contribution is 0.1000. The van der Waals surface area contributed by atoms with E-state index in [0.29, 0.717) is 12.1 Å². The fourth-order valence-electron chi connectivity index (χ4n) is 3.37. The van der Waals surface area contributed by atoms with E-state index in [1.807, 2.05) is 28.8 Å². The van der Waals surface area contributed by atoms with Crippen molar-refractivity contribution in [3.05, 3.63) is 95.8 Å². The summed E-state index contributed by atoms with van der Waals surface area (Å²) in [5, 5.41) is 5.22. The predicted octanol–water partition coefficient (Wildman–Crippen LogP) is 3.98. The summed E-state index contributed by atoms with van der Waals surface area (Å²) in [7, 11) is 0. The molecule has 0 saturated heterocycles. The number of anilines is 1. The maximum absolute atomic E-state index is 14.3. The zero-order valence-electron chi connectivity index (χ0n) is 16.8. The van der Waals surface area contributed by atoms with Gasteiger partial charge in [-0.3, -0.25) is 4.79 Å². The highest BCUT2D eigenvalue weighted by Gasteiger charge is 2.18. The smallest absolute Gasteiger partial charge is 0.319 e. The van der Waals surface area contributed by atoms with Crippen molar-refractivity contribution in [1.29, 1.82) is 0 Å². The molecule has 0 bridgehead atoms. The molecule has 1 heterocycles. The van der Waals surface area contributed by atoms with E-state index in [1.165, 1.54) is 24.3 Å². The number of primary amides is 1. The number of carbonyl (C=O) groups is 2. The van der Waals surface area contributed by atoms with Crippen molar-refractivity contribution in [3.63, 3.8) is 0 Å². The van der Waals surface area contributed by atoms with E-state index in [0.717, 1.165) is 17.1 Å². The summed E-state index contributed by atoms with van der Waals surface area (Å²) < 4.78 is 29.5. The van der Waals surface area contributed by atoms with E-state index in [9.17, 15) is 18.4 Å². The van der Waals surface area contributed by atoms with Gasteiger partial charge in [-0.15, -0.1) is 0 Å². The van der Waals surface area contributed by atoms with Crippen LogP contribution in [0.3, 0.4) is 0 Å². The number of urea groups is 1. The summed E-state index contributed by atoms with van der Waals surface area (Å²) >= 11 is 0. The minimum absolute atomic E-state index is 0.00960. The van der Waals surface area contributed by atoms with Crippen molar-refractivity contribution in [1.82, 2.24) is 14.9 Å². The first kappa shape index (κ1) is 21.0. The number of hydrogen-bond acceptors (Lipinski definition) is 3. The molecule has 0 aliphatic carbocycles. The number of imidazole rings is 1. The Hall–Kier alpha value is -4.27. The van der Waals surface area contributed by atoms with Crippen LogP contribution in [0.25, 0.3) is 11.0 Å². The van der Waals surface area contributed by atoms with Crippen LogP contribution >= 0.6 is 0 Å². The molecule has 32 heavy (non-hydrogen) atoms. The second-order valence-electron chi connectivity index (χ2n) is 7.15. The van der Waals surface area contributed by atoms with Crippen LogP contribution in [0, 0.1) is 11.6 Å². The number of nitrogens with two attached hydrogens (primary N) is 1. The third-order valence-electron chi connectivity index (χ3n) is 4.99. The topological polar surface area (TPSA) is 102 Å². The molecule has 0 aliphatic rings. The SMILES string of the molecule is NC(=O)c1ccc(NC(=O)NC(Cn2cnc3ccccc32)c2ccc(F)cc2)c(F)c1. The maximum atomic E-state index is 14.3. The van der Waals surface area contributed by atoms with Gasteiger partial charge >= 0.3 is 6.03 Å². The Morgan fingerprint density at radius 1 is 1.03 bits per heavy atom. The molecule has 3 aromatic carbocycles. The molecule has 0 radical (unpaired) electrons. The summed E-state index contributed by atoms with van der Waals surface area (Å²) in [6.45, 7) is 0.308. The molecule has 1 unspecified atom stereocenters. The number of para-hydroxylation sites is 2. The minimum Gasteiger partial charge on any atom is -0.366 e. The second kappa shape index (κ2) is 8.84. The number of rotatable bonds is 6. The standard InChI is InChI=1S/C23H19F2N5O2/c24-16-8-5-14(6-9-16)20(12-30-13-27-19-3-1-2-4-21(19)30)29-23(32)28-18-10-7-15(22(26)31)11-17(18)25/h1-11,13,20H,12H2,(H2,26,31)(H2,28,29,32). The highest BCUT2D eigenvalue weighted by Crippen LogP contribution is 2.21. The Morgan fingerprint density at radius 3 is 2.50 bits per heavy atom. The summed E-state index contributed by atoms with van der Waals surface area (Å²) in [6.07, 6.45) is 1.66. The van der Waals surface area contributed by atoms with Crippen molar-refractivity contribution in [2.75, 3.05) is 5.32 Å². The Morgan fingerprint density at radius 2 is 1.78 bits per heavy atom. The zero-order valence-corrected chi connectivity index (χ0v) is 16.8. The van der Waals surface area contributed by atoms with Gasteiger partial charge in [-0.25, -0.2) is 18.6 Å². The first-order valence-electron chi connectivity index (χ1n) is 9.73. The van der Waals surface area contributed by atoms with Crippen LogP contribution in [-0.2, 0) is 6.54 Å². The van der Waals surface area contributed by atoms with E-state index in [-0.39, 0.29) is 11.3 Å². The van der Waals surface area contributed by atoms with Gasteiger partial charge in [-0.2, -0.15) is 0 Å². The van der Waals surface area contributed by atoms with Crippen molar-refractivity contribution >= 4 is 28.7 Å². The van der Waals surface area contributed by atoms with Gasteiger partial charge < -0.3 is 20.9 Å². The molecule has 7 nitrogen and oxygen atoms in total. The molecule has 1 aromatic heterocycles. The molecule has 9 heteroatoms. The molecule has 4 aromatic rings. The Labute approximate surface area is 181 Å². The Balaban J connectivity index is 1.57. The van der Waals surface area contributed by atoms with Crippen LogP contribution in [-0.4, -0.2) is 21.5 Å². The lowest BCUT2D eigenvalue weighted by Crippen LogP contribution is -2.35. The highest BCUT2D eigenvalue weighted by atomic mass is 19.1. The summed E-state index contributed by atoms with van der Waals surface area (Å²) in [6, 6.07) is 15.6. The van der Waals surface area contributed by atoms with Gasteiger partial charge in [0.15, 0.2) is 0 Å². The summed E-state index contributed by atoms with van der Waals surface area (Å²) in [4.78, 5) is 28.2. The first-order valence-corrected chi connectivity index (χ1v) is 9.73. The molecule has 162 valence electrons. The zero-order chi connectivity index (χ0) is 22.7. The van der Waals surface area contributed by atoms with Gasteiger partial charge in [-0.1, -0.05) is 24.3 Å². The van der Waals surface area contributed by atoms with Crippen LogP contribution in [0.15, 0.2) is 73.1 Å². The van der Waals surface area contributed by atoms with Crippen LogP contribution in [0.5, 0.6) is 0 Å². The van der Waals surface area contributed by atoms with Crippen molar-refractivity contribution in [2.45, 2.75) is 12.6 Å². The first-order chi connectivity index (χ1) is 15.4. The number of nitrogens with zero attached hydrogens (tertiary/aromatic N) is 2. The molecule has 4 N–H and O–H groups in total. The van der Waals surface area contributed by atoms with Gasteiger partial charge in [0.2, 0.25) is 5.91 Å². The normalized spacial score (nSPS) is 11.8. The van der Waals surface area contributed by atoms with Crippen LogP contribution in [0.1, 0.15) is 22.0 Å². The Kier molecular flexibility index (Phi) is 5.80. The van der Waals surface area contributed by atoms with Crippen LogP contribution in [0.2, 0.25) is 0 Å². The van der Waals surface area contributed by atoms with Gasteiger partial charge in [0.25, 0.3) is 0 Å². The quantitative estimate of drug-likeness (QED) is 0.427. The number of benzene rings is 3. The molecule has 4 rings (SSSR count). The molecule has 0 saturated carbocycles. The van der Waals surface area contributed by atoms with Crippen LogP contribution < -0.4 is 16.4 Å². The molecule has 0 fully saturated rings. The Bertz CT molecular complexity index is 1290. The number of aromatic nitrogens is 2. The summed E-state index contributed by atoms with van der Waals surface area (Å²) in [5.74, 6) is -1.97. The minimum atomic E-state index is -0.796. The number of amides is 3. The van der Waals surface area contributed by atoms with Gasteiger partial charge in [0.05, 0.1) is 29.1 Å². The molecule has 3 amide bonds. The fourth-order valence-corrected chi connectivity index (χ4v) is 3.37. The van der Waals surface area contributed by atoms with Gasteiger partial charge in [-0.05, 0) is 48.0 Å². The average Bonchev–Trinajstić information content (AvgIpc) is 3.18. The maximum Gasteiger partial charge on any atom is 0.319 e. The van der Waals surface area contributed by atoms with E-state index < -0.39 is 29.6 Å². The number of hydrogen-bond donors (Lipinski definition) is 3. The molecule has 1 atom stereocenters. The lowest BCUT2D eigenvalue weighted by Gasteiger charge is -2.21. The van der Waals surface area contributed by atoms with E-state index >= 15 is 0 Å². The molecule has 0 spiro atoms. The van der Waals surface area contributed by atoms with E-state index in [2.05, 4.69) is 15.6 Å². The fraction of sp³-hybridized carbons (Fsp3) is 0.0870. The van der Waals surface area contributed by atoms with Crippen LogP contribution in [0.4, 0.5) is 19.3 Å². The highest BCUT2D eigenvalue weighted by molar-refractivity contribution is 5.94. The lowest BCUT2D eigenvalue weighted by atomic mass is 10.1. The summed E-state index contributed by atoms with van der Waals surface area (Å²) in [5.41, 5.74) is 7.34. The van der Waals surface area contributed by atoms with Crippen molar-refractivity contribution < 1.29 is 18.4 Å². The largest absolute Gasteiger partial charge is 0.366 e. The average molecular weight is 435 g/mol. The predicted molar refractivity (Wildman–Crippen MR) is 116 cm³/mol. The van der Waals surface area contributed by atoms with E-state index in [4.69, 9.17) is 5.73 Å². The van der Waals surface area contributed by atoms with E-state index in [1.54, 1.807) is 18.5 Å². The number of nitrogens with one attached hydrogen (secondary N) is 2. The number of carbonyl (C=O) groups excluding carboxylic acids is 2. The third-order valence-corrected chi connectivity index (χ3v) is 4.99. The molecular weight excluding hydrogens is 416 g/mol. The second-order valence-corrected chi connectivity index (χ2v) is 7.15.